The number of thiophene rings is 1. The van der Waals surface area contributed by atoms with Gasteiger partial charge >= 0.3 is 0 Å². The molecule has 0 spiro atoms. The summed E-state index contributed by atoms with van der Waals surface area (Å²) in [7, 11) is 0. The molecule has 3 N–H and O–H groups in total. The van der Waals surface area contributed by atoms with Crippen LogP contribution in [0.15, 0.2) is 44.6 Å². The number of fused-ring (bicyclic) bond motifs is 1. The number of amides is 1. The van der Waals surface area contributed by atoms with Crippen molar-refractivity contribution in [3.63, 3.8) is 0 Å². The van der Waals surface area contributed by atoms with Crippen molar-refractivity contribution in [1.29, 1.82) is 0 Å². The van der Waals surface area contributed by atoms with Gasteiger partial charge in [-0.15, -0.1) is 11.3 Å². The van der Waals surface area contributed by atoms with Gasteiger partial charge in [0.05, 0.1) is 3.79 Å². The molecule has 0 aliphatic rings. The van der Waals surface area contributed by atoms with Gasteiger partial charge in [-0.2, -0.15) is 0 Å². The van der Waals surface area contributed by atoms with Gasteiger partial charge < -0.3 is 15.5 Å². The van der Waals surface area contributed by atoms with E-state index in [1.165, 1.54) is 4.88 Å². The van der Waals surface area contributed by atoms with E-state index in [1.807, 2.05) is 12.1 Å². The maximum atomic E-state index is 12.1. The van der Waals surface area contributed by atoms with Gasteiger partial charge in [-0.1, -0.05) is 0 Å². The Morgan fingerprint density at radius 2 is 2.14 bits per heavy atom. The van der Waals surface area contributed by atoms with Gasteiger partial charge in [-0.3, -0.25) is 4.79 Å². The second-order valence-corrected chi connectivity index (χ2v) is 7.17. The zero-order valence-corrected chi connectivity index (χ0v) is 13.5. The number of nitrogens with two attached hydrogens (primary N) is 1. The highest BCUT2D eigenvalue weighted by atomic mass is 79.9. The van der Waals surface area contributed by atoms with Gasteiger partial charge in [-0.05, 0) is 58.7 Å². The molecule has 1 amide bonds. The standard InChI is InChI=1S/C15H13BrN2O2S/c16-14-4-2-11(21-14)5-6-18-15(19)13-8-9-7-10(17)1-3-12(9)20-13/h1-4,7-8H,5-6,17H2,(H,18,19). The molecule has 0 saturated carbocycles. The van der Waals surface area contributed by atoms with Crippen LogP contribution >= 0.6 is 27.3 Å². The van der Waals surface area contributed by atoms with Crippen molar-refractivity contribution in [2.75, 3.05) is 12.3 Å². The summed E-state index contributed by atoms with van der Waals surface area (Å²) in [5.74, 6) is 0.100. The van der Waals surface area contributed by atoms with Gasteiger partial charge in [0.15, 0.2) is 5.76 Å². The van der Waals surface area contributed by atoms with E-state index >= 15 is 0 Å². The summed E-state index contributed by atoms with van der Waals surface area (Å²) in [6, 6.07) is 11.1. The molecule has 0 fully saturated rings. The van der Waals surface area contributed by atoms with E-state index in [1.54, 1.807) is 35.6 Å². The largest absolute Gasteiger partial charge is 0.451 e. The minimum absolute atomic E-state index is 0.208. The van der Waals surface area contributed by atoms with Crippen LogP contribution in [-0.2, 0) is 6.42 Å². The average molecular weight is 365 g/mol. The summed E-state index contributed by atoms with van der Waals surface area (Å²) in [5, 5.41) is 3.70. The Balaban J connectivity index is 1.63. The highest BCUT2D eigenvalue weighted by molar-refractivity contribution is 9.11. The molecule has 0 radical (unpaired) electrons. The zero-order chi connectivity index (χ0) is 14.8. The summed E-state index contributed by atoms with van der Waals surface area (Å²) >= 11 is 5.09. The lowest BCUT2D eigenvalue weighted by atomic mass is 10.2. The van der Waals surface area contributed by atoms with Crippen LogP contribution < -0.4 is 11.1 Å². The molecule has 4 nitrogen and oxygen atoms in total. The van der Waals surface area contributed by atoms with Crippen LogP contribution in [-0.4, -0.2) is 12.5 Å². The van der Waals surface area contributed by atoms with Crippen molar-refractivity contribution >= 4 is 49.8 Å². The van der Waals surface area contributed by atoms with E-state index in [9.17, 15) is 4.79 Å². The summed E-state index contributed by atoms with van der Waals surface area (Å²) in [4.78, 5) is 13.3. The first-order valence-corrected chi connectivity index (χ1v) is 8.04. The molecule has 2 aromatic heterocycles. The summed E-state index contributed by atoms with van der Waals surface area (Å²) < 4.78 is 6.62. The van der Waals surface area contributed by atoms with Gasteiger partial charge in [0, 0.05) is 22.5 Å². The minimum Gasteiger partial charge on any atom is -0.451 e. The smallest absolute Gasteiger partial charge is 0.287 e. The normalized spacial score (nSPS) is 10.9. The lowest BCUT2D eigenvalue weighted by Gasteiger charge is -2.01. The van der Waals surface area contributed by atoms with E-state index in [0.29, 0.717) is 23.6 Å². The first-order chi connectivity index (χ1) is 10.1. The lowest BCUT2D eigenvalue weighted by molar-refractivity contribution is 0.0928. The Morgan fingerprint density at radius 3 is 2.90 bits per heavy atom. The van der Waals surface area contributed by atoms with Crippen molar-refractivity contribution in [3.8, 4) is 0 Å². The number of halogens is 1. The predicted octanol–water partition coefficient (Wildman–Crippen LogP) is 3.81. The molecular weight excluding hydrogens is 352 g/mol. The Labute approximate surface area is 134 Å². The second kappa shape index (κ2) is 5.91. The number of anilines is 1. The molecule has 0 saturated heterocycles. The molecule has 2 heterocycles. The second-order valence-electron chi connectivity index (χ2n) is 4.62. The Morgan fingerprint density at radius 1 is 1.29 bits per heavy atom. The van der Waals surface area contributed by atoms with Crippen LogP contribution in [0.3, 0.4) is 0 Å². The van der Waals surface area contributed by atoms with Crippen molar-refractivity contribution < 1.29 is 9.21 Å². The van der Waals surface area contributed by atoms with Crippen LogP contribution in [0.25, 0.3) is 11.0 Å². The maximum absolute atomic E-state index is 12.1. The molecule has 108 valence electrons. The Bertz CT molecular complexity index is 794. The first kappa shape index (κ1) is 14.2. The molecule has 0 aliphatic heterocycles. The number of nitrogens with one attached hydrogen (secondary N) is 1. The van der Waals surface area contributed by atoms with Gasteiger partial charge in [0.25, 0.3) is 5.91 Å². The third-order valence-electron chi connectivity index (χ3n) is 3.05. The topological polar surface area (TPSA) is 68.3 Å². The first-order valence-electron chi connectivity index (χ1n) is 6.43. The molecule has 0 unspecified atom stereocenters. The summed E-state index contributed by atoms with van der Waals surface area (Å²) in [6.07, 6.45) is 0.801. The van der Waals surface area contributed by atoms with Crippen molar-refractivity contribution in [3.05, 3.63) is 50.8 Å². The van der Waals surface area contributed by atoms with Gasteiger partial charge in [-0.25, -0.2) is 0 Å². The Kier molecular flexibility index (Phi) is 3.98. The number of carbonyl (C=O) groups is 1. The van der Waals surface area contributed by atoms with Crippen LogP contribution in [0.4, 0.5) is 5.69 Å². The molecule has 0 bridgehead atoms. The van der Waals surface area contributed by atoms with Gasteiger partial charge in [0.2, 0.25) is 0 Å². The number of nitrogen functional groups attached to an aromatic ring is 1. The van der Waals surface area contributed by atoms with Crippen LogP contribution in [0.2, 0.25) is 0 Å². The molecule has 1 aromatic carbocycles. The van der Waals surface area contributed by atoms with E-state index in [4.69, 9.17) is 10.2 Å². The van der Waals surface area contributed by atoms with Crippen molar-refractivity contribution in [2.45, 2.75) is 6.42 Å². The number of benzene rings is 1. The van der Waals surface area contributed by atoms with E-state index in [2.05, 4.69) is 21.2 Å². The minimum atomic E-state index is -0.208. The molecule has 21 heavy (non-hydrogen) atoms. The number of rotatable bonds is 4. The van der Waals surface area contributed by atoms with E-state index in [0.717, 1.165) is 15.6 Å². The predicted molar refractivity (Wildman–Crippen MR) is 88.7 cm³/mol. The zero-order valence-electron chi connectivity index (χ0n) is 11.1. The van der Waals surface area contributed by atoms with Crippen molar-refractivity contribution in [1.82, 2.24) is 5.32 Å². The summed E-state index contributed by atoms with van der Waals surface area (Å²) in [6.45, 7) is 0.574. The van der Waals surface area contributed by atoms with Crippen LogP contribution in [0.1, 0.15) is 15.4 Å². The fourth-order valence-corrected chi connectivity index (χ4v) is 3.53. The average Bonchev–Trinajstić information content (AvgIpc) is 3.04. The quantitative estimate of drug-likeness (QED) is 0.691. The third kappa shape index (κ3) is 3.28. The maximum Gasteiger partial charge on any atom is 0.287 e. The van der Waals surface area contributed by atoms with Crippen molar-refractivity contribution in [2.24, 2.45) is 0 Å². The SMILES string of the molecule is Nc1ccc2oc(C(=O)NCCc3ccc(Br)s3)cc2c1. The highest BCUT2D eigenvalue weighted by Gasteiger charge is 2.12. The highest BCUT2D eigenvalue weighted by Crippen LogP contribution is 2.23. The molecule has 6 heteroatoms. The fourth-order valence-electron chi connectivity index (χ4n) is 2.05. The van der Waals surface area contributed by atoms with E-state index < -0.39 is 0 Å². The molecule has 3 rings (SSSR count). The monoisotopic (exact) mass is 364 g/mol. The summed E-state index contributed by atoms with van der Waals surface area (Å²) in [5.41, 5.74) is 7.03. The molecule has 0 aliphatic carbocycles. The Hall–Kier alpha value is -1.79. The van der Waals surface area contributed by atoms with Crippen LogP contribution in [0, 0.1) is 0 Å². The number of hydrogen-bond donors (Lipinski definition) is 2. The fraction of sp³-hybridized carbons (Fsp3) is 0.133. The number of carbonyl (C=O) groups excluding carboxylic acids is 1. The lowest BCUT2D eigenvalue weighted by Crippen LogP contribution is -2.24. The van der Waals surface area contributed by atoms with Gasteiger partial charge in [0.1, 0.15) is 5.58 Å². The number of hydrogen-bond acceptors (Lipinski definition) is 4. The van der Waals surface area contributed by atoms with Crippen LogP contribution in [0.5, 0.6) is 0 Å². The molecule has 0 atom stereocenters. The molecule has 3 aromatic rings. The third-order valence-corrected chi connectivity index (χ3v) is 4.73. The molecular formula is C15H13BrN2O2S. The van der Waals surface area contributed by atoms with E-state index in [-0.39, 0.29) is 5.91 Å². The number of furan rings is 1.